The van der Waals surface area contributed by atoms with Gasteiger partial charge < -0.3 is 4.74 Å². The second-order valence-corrected chi connectivity index (χ2v) is 5.16. The van der Waals surface area contributed by atoms with E-state index in [0.717, 1.165) is 5.39 Å². The standard InChI is InChI=1S/C16H8Cl2N2O/c17-11-5-6-13(18)15(8-11)21-16-7-10(9-19)12-3-1-2-4-14(12)20-16/h1-8H. The number of rotatable bonds is 2. The third-order valence-corrected chi connectivity index (χ3v) is 3.47. The Bertz CT molecular complexity index is 872. The maximum absolute atomic E-state index is 9.24. The molecule has 0 spiro atoms. The van der Waals surface area contributed by atoms with Crippen LogP contribution in [0.3, 0.4) is 0 Å². The number of halogens is 2. The largest absolute Gasteiger partial charge is 0.437 e. The lowest BCUT2D eigenvalue weighted by molar-refractivity contribution is 0.465. The van der Waals surface area contributed by atoms with Crippen LogP contribution in [0.25, 0.3) is 10.9 Å². The van der Waals surface area contributed by atoms with Crippen LogP contribution >= 0.6 is 23.2 Å². The number of nitrogens with zero attached hydrogens (tertiary/aromatic N) is 2. The highest BCUT2D eigenvalue weighted by Crippen LogP contribution is 2.32. The van der Waals surface area contributed by atoms with E-state index in [9.17, 15) is 5.26 Å². The van der Waals surface area contributed by atoms with Crippen molar-refractivity contribution in [1.82, 2.24) is 4.98 Å². The molecule has 0 saturated carbocycles. The van der Waals surface area contributed by atoms with Crippen LogP contribution in [0.5, 0.6) is 11.6 Å². The molecule has 0 N–H and O–H groups in total. The van der Waals surface area contributed by atoms with Gasteiger partial charge in [-0.2, -0.15) is 5.26 Å². The summed E-state index contributed by atoms with van der Waals surface area (Å²) < 4.78 is 5.66. The van der Waals surface area contributed by atoms with Crippen LogP contribution in [0, 0.1) is 11.3 Å². The van der Waals surface area contributed by atoms with Crippen molar-refractivity contribution in [2.24, 2.45) is 0 Å². The van der Waals surface area contributed by atoms with E-state index in [-0.39, 0.29) is 0 Å². The second kappa shape index (κ2) is 5.61. The first kappa shape index (κ1) is 13.7. The quantitative estimate of drug-likeness (QED) is 0.652. The fourth-order valence-electron chi connectivity index (χ4n) is 1.96. The van der Waals surface area contributed by atoms with Crippen molar-refractivity contribution in [1.29, 1.82) is 5.26 Å². The maximum Gasteiger partial charge on any atom is 0.221 e. The van der Waals surface area contributed by atoms with Gasteiger partial charge in [0.15, 0.2) is 0 Å². The molecule has 0 atom stereocenters. The maximum atomic E-state index is 9.24. The summed E-state index contributed by atoms with van der Waals surface area (Å²) in [6.45, 7) is 0. The molecule has 5 heteroatoms. The van der Waals surface area contributed by atoms with Gasteiger partial charge >= 0.3 is 0 Å². The molecule has 0 unspecified atom stereocenters. The molecule has 3 nitrogen and oxygen atoms in total. The first-order valence-electron chi connectivity index (χ1n) is 6.10. The number of nitriles is 1. The van der Waals surface area contributed by atoms with Crippen molar-refractivity contribution in [2.45, 2.75) is 0 Å². The van der Waals surface area contributed by atoms with Gasteiger partial charge in [-0.3, -0.25) is 0 Å². The van der Waals surface area contributed by atoms with Gasteiger partial charge in [-0.1, -0.05) is 41.4 Å². The van der Waals surface area contributed by atoms with Crippen molar-refractivity contribution in [2.75, 3.05) is 0 Å². The lowest BCUT2D eigenvalue weighted by Gasteiger charge is -2.09. The molecule has 0 saturated heterocycles. The van der Waals surface area contributed by atoms with Crippen molar-refractivity contribution >= 4 is 34.1 Å². The number of pyridine rings is 1. The highest BCUT2D eigenvalue weighted by molar-refractivity contribution is 6.34. The number of hydrogen-bond acceptors (Lipinski definition) is 3. The van der Waals surface area contributed by atoms with Crippen LogP contribution in [0.1, 0.15) is 5.56 Å². The molecule has 0 aliphatic rings. The molecule has 1 aromatic heterocycles. The molecule has 0 aliphatic heterocycles. The van der Waals surface area contributed by atoms with Gasteiger partial charge in [0.1, 0.15) is 11.8 Å². The number of hydrogen-bond donors (Lipinski definition) is 0. The first-order valence-corrected chi connectivity index (χ1v) is 6.86. The van der Waals surface area contributed by atoms with Crippen molar-refractivity contribution in [3.05, 3.63) is 64.1 Å². The molecule has 21 heavy (non-hydrogen) atoms. The zero-order valence-corrected chi connectivity index (χ0v) is 12.2. The highest BCUT2D eigenvalue weighted by atomic mass is 35.5. The third-order valence-electron chi connectivity index (χ3n) is 2.92. The van der Waals surface area contributed by atoms with Crippen LogP contribution in [0.15, 0.2) is 48.5 Å². The summed E-state index contributed by atoms with van der Waals surface area (Å²) in [6.07, 6.45) is 0. The summed E-state index contributed by atoms with van der Waals surface area (Å²) in [7, 11) is 0. The molecule has 0 bridgehead atoms. The Balaban J connectivity index is 2.09. The van der Waals surface area contributed by atoms with Crippen molar-refractivity contribution in [3.8, 4) is 17.7 Å². The zero-order chi connectivity index (χ0) is 14.8. The molecule has 0 amide bonds. The van der Waals surface area contributed by atoms with Gasteiger partial charge in [0.25, 0.3) is 0 Å². The van der Waals surface area contributed by atoms with Gasteiger partial charge in [0, 0.05) is 22.5 Å². The Labute approximate surface area is 131 Å². The van der Waals surface area contributed by atoms with Gasteiger partial charge in [-0.25, -0.2) is 4.98 Å². The smallest absolute Gasteiger partial charge is 0.221 e. The summed E-state index contributed by atoms with van der Waals surface area (Å²) in [6, 6.07) is 16.0. The van der Waals surface area contributed by atoms with Crippen molar-refractivity contribution < 1.29 is 4.74 Å². The summed E-state index contributed by atoms with van der Waals surface area (Å²) in [5, 5.41) is 11.0. The minimum atomic E-state index is 0.300. The number of benzene rings is 2. The summed E-state index contributed by atoms with van der Waals surface area (Å²) in [5.41, 5.74) is 1.18. The molecular weight excluding hydrogens is 307 g/mol. The minimum absolute atomic E-state index is 0.300. The molecule has 2 aromatic carbocycles. The molecule has 3 aromatic rings. The average molecular weight is 315 g/mol. The summed E-state index contributed by atoms with van der Waals surface area (Å²) in [4.78, 5) is 4.37. The van der Waals surface area contributed by atoms with E-state index >= 15 is 0 Å². The van der Waals surface area contributed by atoms with E-state index in [0.29, 0.717) is 32.8 Å². The van der Waals surface area contributed by atoms with E-state index in [1.54, 1.807) is 24.3 Å². The first-order chi connectivity index (χ1) is 10.2. The summed E-state index contributed by atoms with van der Waals surface area (Å²) in [5.74, 6) is 0.699. The van der Waals surface area contributed by atoms with Crippen LogP contribution in [0.2, 0.25) is 10.0 Å². The van der Waals surface area contributed by atoms with Gasteiger partial charge in [-0.15, -0.1) is 0 Å². The van der Waals surface area contributed by atoms with Crippen LogP contribution < -0.4 is 4.74 Å². The Morgan fingerprint density at radius 1 is 1.05 bits per heavy atom. The van der Waals surface area contributed by atoms with Crippen molar-refractivity contribution in [3.63, 3.8) is 0 Å². The molecule has 0 radical (unpaired) electrons. The fraction of sp³-hybridized carbons (Fsp3) is 0. The van der Waals surface area contributed by atoms with E-state index in [4.69, 9.17) is 27.9 Å². The lowest BCUT2D eigenvalue weighted by atomic mass is 10.1. The molecule has 3 rings (SSSR count). The lowest BCUT2D eigenvalue weighted by Crippen LogP contribution is -1.92. The second-order valence-electron chi connectivity index (χ2n) is 4.31. The topological polar surface area (TPSA) is 45.9 Å². The summed E-state index contributed by atoms with van der Waals surface area (Å²) >= 11 is 12.0. The van der Waals surface area contributed by atoms with Gasteiger partial charge in [0.2, 0.25) is 5.88 Å². The minimum Gasteiger partial charge on any atom is -0.437 e. The number of ether oxygens (including phenoxy) is 1. The van der Waals surface area contributed by atoms with E-state index < -0.39 is 0 Å². The van der Waals surface area contributed by atoms with Gasteiger partial charge in [-0.05, 0) is 18.2 Å². The Morgan fingerprint density at radius 3 is 2.67 bits per heavy atom. The zero-order valence-electron chi connectivity index (χ0n) is 10.7. The van der Waals surface area contributed by atoms with E-state index in [1.807, 2.05) is 24.3 Å². The highest BCUT2D eigenvalue weighted by Gasteiger charge is 2.09. The predicted molar refractivity (Wildman–Crippen MR) is 83.0 cm³/mol. The molecule has 1 heterocycles. The van der Waals surface area contributed by atoms with Crippen LogP contribution in [-0.2, 0) is 0 Å². The molecule has 0 aliphatic carbocycles. The van der Waals surface area contributed by atoms with E-state index in [2.05, 4.69) is 11.1 Å². The SMILES string of the molecule is N#Cc1cc(Oc2cc(Cl)ccc2Cl)nc2ccccc12. The van der Waals surface area contributed by atoms with Gasteiger partial charge in [0.05, 0.1) is 16.1 Å². The fourth-order valence-corrected chi connectivity index (χ4v) is 2.28. The number of aromatic nitrogens is 1. The molecular formula is C16H8Cl2N2O. The van der Waals surface area contributed by atoms with Crippen LogP contribution in [0.4, 0.5) is 0 Å². The Hall–Kier alpha value is -2.28. The monoisotopic (exact) mass is 314 g/mol. The normalized spacial score (nSPS) is 10.3. The predicted octanol–water partition coefficient (Wildman–Crippen LogP) is 5.21. The molecule has 102 valence electrons. The Kier molecular flexibility index (Phi) is 3.66. The Morgan fingerprint density at radius 2 is 1.86 bits per heavy atom. The van der Waals surface area contributed by atoms with Crippen LogP contribution in [-0.4, -0.2) is 4.98 Å². The number of fused-ring (bicyclic) bond motifs is 1. The van der Waals surface area contributed by atoms with E-state index in [1.165, 1.54) is 0 Å². The molecule has 0 fully saturated rings. The third kappa shape index (κ3) is 2.78. The number of para-hydroxylation sites is 1. The average Bonchev–Trinajstić information content (AvgIpc) is 2.50.